The third-order valence-electron chi connectivity index (χ3n) is 3.86. The molecule has 2 heterocycles. The molecule has 0 aliphatic carbocycles. The Morgan fingerprint density at radius 2 is 1.81 bits per heavy atom. The molecule has 4 nitrogen and oxygen atoms in total. The van der Waals surface area contributed by atoms with E-state index in [0.29, 0.717) is 12.4 Å². The fourth-order valence-electron chi connectivity index (χ4n) is 2.71. The lowest BCUT2D eigenvalue weighted by Gasteiger charge is -2.12. The van der Waals surface area contributed by atoms with Gasteiger partial charge in [-0.2, -0.15) is 4.98 Å². The SMILES string of the molecule is CCOc1ccccc1Nc1nc(Cl)nc2sc(-c3ccccc3)cc12. The van der Waals surface area contributed by atoms with Gasteiger partial charge < -0.3 is 10.1 Å². The lowest BCUT2D eigenvalue weighted by atomic mass is 10.2. The first kappa shape index (κ1) is 16.8. The quantitative estimate of drug-likeness (QED) is 0.421. The number of halogens is 1. The summed E-state index contributed by atoms with van der Waals surface area (Å²) in [5.74, 6) is 1.45. The first-order valence-electron chi connectivity index (χ1n) is 8.26. The average molecular weight is 382 g/mol. The molecular formula is C20H16ClN3OS. The second-order valence-corrected chi connectivity index (χ2v) is 6.96. The van der Waals surface area contributed by atoms with E-state index in [0.717, 1.165) is 32.1 Å². The van der Waals surface area contributed by atoms with E-state index in [4.69, 9.17) is 16.3 Å². The number of rotatable bonds is 5. The molecule has 0 amide bonds. The highest BCUT2D eigenvalue weighted by atomic mass is 35.5. The summed E-state index contributed by atoms with van der Waals surface area (Å²) in [6, 6.07) is 20.1. The molecule has 0 saturated carbocycles. The van der Waals surface area contributed by atoms with Crippen LogP contribution < -0.4 is 10.1 Å². The van der Waals surface area contributed by atoms with E-state index in [2.05, 4.69) is 33.5 Å². The standard InChI is InChI=1S/C20H16ClN3OS/c1-2-25-16-11-7-6-10-15(16)22-18-14-12-17(13-8-4-3-5-9-13)26-19(14)24-20(21)23-18/h3-12H,2H2,1H3,(H,22,23,24). The molecule has 6 heteroatoms. The molecule has 0 spiro atoms. The van der Waals surface area contributed by atoms with Crippen molar-refractivity contribution < 1.29 is 4.74 Å². The topological polar surface area (TPSA) is 47.0 Å². The van der Waals surface area contributed by atoms with Crippen LogP contribution in [0.5, 0.6) is 5.75 Å². The first-order valence-corrected chi connectivity index (χ1v) is 9.45. The maximum atomic E-state index is 6.16. The van der Waals surface area contributed by atoms with Crippen LogP contribution in [0.4, 0.5) is 11.5 Å². The number of ether oxygens (including phenoxy) is 1. The summed E-state index contributed by atoms with van der Waals surface area (Å²) in [7, 11) is 0. The number of fused-ring (bicyclic) bond motifs is 1. The minimum Gasteiger partial charge on any atom is -0.492 e. The van der Waals surface area contributed by atoms with Crippen LogP contribution >= 0.6 is 22.9 Å². The summed E-state index contributed by atoms with van der Waals surface area (Å²) in [4.78, 5) is 10.8. The number of hydrogen-bond donors (Lipinski definition) is 1. The predicted molar refractivity (Wildman–Crippen MR) is 109 cm³/mol. The van der Waals surface area contributed by atoms with Crippen molar-refractivity contribution in [1.82, 2.24) is 9.97 Å². The first-order chi connectivity index (χ1) is 12.7. The average Bonchev–Trinajstić information content (AvgIpc) is 3.08. The number of thiophene rings is 1. The molecule has 130 valence electrons. The van der Waals surface area contributed by atoms with Crippen molar-refractivity contribution in [1.29, 1.82) is 0 Å². The molecular weight excluding hydrogens is 366 g/mol. The van der Waals surface area contributed by atoms with Gasteiger partial charge in [0.2, 0.25) is 5.28 Å². The van der Waals surface area contributed by atoms with Gasteiger partial charge in [-0.25, -0.2) is 4.98 Å². The van der Waals surface area contributed by atoms with Crippen LogP contribution in [0.25, 0.3) is 20.7 Å². The Morgan fingerprint density at radius 3 is 2.62 bits per heavy atom. The Kier molecular flexibility index (Phi) is 4.73. The Labute approximate surface area is 160 Å². The van der Waals surface area contributed by atoms with Crippen LogP contribution in [-0.4, -0.2) is 16.6 Å². The number of para-hydroxylation sites is 2. The summed E-state index contributed by atoms with van der Waals surface area (Å²) < 4.78 is 5.69. The Balaban J connectivity index is 1.79. The van der Waals surface area contributed by atoms with Crippen molar-refractivity contribution in [2.24, 2.45) is 0 Å². The van der Waals surface area contributed by atoms with Crippen molar-refractivity contribution in [2.45, 2.75) is 6.92 Å². The van der Waals surface area contributed by atoms with E-state index >= 15 is 0 Å². The van der Waals surface area contributed by atoms with Crippen molar-refractivity contribution in [3.8, 4) is 16.2 Å². The van der Waals surface area contributed by atoms with Crippen LogP contribution in [0.15, 0.2) is 60.7 Å². The zero-order valence-corrected chi connectivity index (χ0v) is 15.6. The molecule has 0 aliphatic rings. The molecule has 0 unspecified atom stereocenters. The lowest BCUT2D eigenvalue weighted by Crippen LogP contribution is -2.00. The van der Waals surface area contributed by atoms with Gasteiger partial charge in [0.1, 0.15) is 16.4 Å². The van der Waals surface area contributed by atoms with E-state index in [9.17, 15) is 0 Å². The molecule has 0 bridgehead atoms. The van der Waals surface area contributed by atoms with Crippen LogP contribution in [0.1, 0.15) is 6.92 Å². The van der Waals surface area contributed by atoms with Gasteiger partial charge in [0.05, 0.1) is 17.7 Å². The zero-order valence-electron chi connectivity index (χ0n) is 14.1. The molecule has 0 saturated heterocycles. The lowest BCUT2D eigenvalue weighted by molar-refractivity contribution is 0.342. The molecule has 1 N–H and O–H groups in total. The number of benzene rings is 2. The maximum absolute atomic E-state index is 6.16. The maximum Gasteiger partial charge on any atom is 0.225 e. The Bertz CT molecular complexity index is 1050. The molecule has 0 radical (unpaired) electrons. The number of nitrogens with zero attached hydrogens (tertiary/aromatic N) is 2. The van der Waals surface area contributed by atoms with Crippen LogP contribution in [0.2, 0.25) is 5.28 Å². The molecule has 4 aromatic rings. The van der Waals surface area contributed by atoms with E-state index in [-0.39, 0.29) is 5.28 Å². The van der Waals surface area contributed by atoms with Crippen LogP contribution in [0, 0.1) is 0 Å². The predicted octanol–water partition coefficient (Wildman–Crippen LogP) is 6.15. The largest absolute Gasteiger partial charge is 0.492 e. The Morgan fingerprint density at radius 1 is 1.04 bits per heavy atom. The van der Waals surface area contributed by atoms with Gasteiger partial charge in [-0.05, 0) is 42.3 Å². The highest BCUT2D eigenvalue weighted by Crippen LogP contribution is 2.37. The normalized spacial score (nSPS) is 10.8. The molecule has 0 atom stereocenters. The molecule has 0 fully saturated rings. The third kappa shape index (κ3) is 3.36. The minimum atomic E-state index is 0.218. The van der Waals surface area contributed by atoms with Gasteiger partial charge in [-0.15, -0.1) is 11.3 Å². The van der Waals surface area contributed by atoms with Crippen LogP contribution in [-0.2, 0) is 0 Å². The number of nitrogens with one attached hydrogen (secondary N) is 1. The van der Waals surface area contributed by atoms with Crippen molar-refractivity contribution >= 4 is 44.7 Å². The summed E-state index contributed by atoms with van der Waals surface area (Å²) in [5.41, 5.74) is 1.99. The number of anilines is 2. The van der Waals surface area contributed by atoms with Crippen LogP contribution in [0.3, 0.4) is 0 Å². The summed E-state index contributed by atoms with van der Waals surface area (Å²) >= 11 is 7.76. The fourth-order valence-corrected chi connectivity index (χ4v) is 3.97. The van der Waals surface area contributed by atoms with Gasteiger partial charge in [-0.1, -0.05) is 42.5 Å². The summed E-state index contributed by atoms with van der Waals surface area (Å²) in [6.07, 6.45) is 0. The second-order valence-electron chi connectivity index (χ2n) is 5.59. The van der Waals surface area contributed by atoms with E-state index in [1.807, 2.05) is 49.4 Å². The van der Waals surface area contributed by atoms with Gasteiger partial charge in [0.25, 0.3) is 0 Å². The van der Waals surface area contributed by atoms with Gasteiger partial charge in [0, 0.05) is 4.88 Å². The molecule has 0 aliphatic heterocycles. The molecule has 2 aromatic heterocycles. The van der Waals surface area contributed by atoms with E-state index in [1.165, 1.54) is 0 Å². The number of aromatic nitrogens is 2. The summed E-state index contributed by atoms with van der Waals surface area (Å²) in [5, 5.41) is 4.50. The zero-order chi connectivity index (χ0) is 17.9. The van der Waals surface area contributed by atoms with Gasteiger partial charge in [-0.3, -0.25) is 0 Å². The smallest absolute Gasteiger partial charge is 0.225 e. The van der Waals surface area contributed by atoms with E-state index in [1.54, 1.807) is 11.3 Å². The van der Waals surface area contributed by atoms with Gasteiger partial charge in [0.15, 0.2) is 0 Å². The number of hydrogen-bond acceptors (Lipinski definition) is 5. The molecule has 4 rings (SSSR count). The van der Waals surface area contributed by atoms with Crippen molar-refractivity contribution in [3.05, 3.63) is 65.9 Å². The highest BCUT2D eigenvalue weighted by Gasteiger charge is 2.14. The van der Waals surface area contributed by atoms with Crippen molar-refractivity contribution in [2.75, 3.05) is 11.9 Å². The highest BCUT2D eigenvalue weighted by molar-refractivity contribution is 7.22. The van der Waals surface area contributed by atoms with Gasteiger partial charge >= 0.3 is 0 Å². The minimum absolute atomic E-state index is 0.218. The third-order valence-corrected chi connectivity index (χ3v) is 5.11. The monoisotopic (exact) mass is 381 g/mol. The fraction of sp³-hybridized carbons (Fsp3) is 0.100. The van der Waals surface area contributed by atoms with Crippen molar-refractivity contribution in [3.63, 3.8) is 0 Å². The van der Waals surface area contributed by atoms with E-state index < -0.39 is 0 Å². The second kappa shape index (κ2) is 7.32. The summed E-state index contributed by atoms with van der Waals surface area (Å²) in [6.45, 7) is 2.55. The Hall–Kier alpha value is -2.63. The molecule has 26 heavy (non-hydrogen) atoms. The molecule has 2 aromatic carbocycles.